The van der Waals surface area contributed by atoms with Crippen LogP contribution < -0.4 is 10.1 Å². The summed E-state index contributed by atoms with van der Waals surface area (Å²) in [5.41, 5.74) is 2.28. The van der Waals surface area contributed by atoms with Crippen molar-refractivity contribution < 1.29 is 9.53 Å². The van der Waals surface area contributed by atoms with Crippen molar-refractivity contribution in [1.82, 2.24) is 5.32 Å². The molecule has 1 aromatic rings. The van der Waals surface area contributed by atoms with Crippen LogP contribution in [0.2, 0.25) is 0 Å². The van der Waals surface area contributed by atoms with Crippen LogP contribution in [0.15, 0.2) is 24.3 Å². The second-order valence-corrected chi connectivity index (χ2v) is 3.56. The molecule has 0 fully saturated rings. The molecule has 0 aliphatic heterocycles. The van der Waals surface area contributed by atoms with Gasteiger partial charge in [-0.2, -0.15) is 0 Å². The van der Waals surface area contributed by atoms with Gasteiger partial charge in [0.1, 0.15) is 5.75 Å². The van der Waals surface area contributed by atoms with Crippen LogP contribution in [0.4, 0.5) is 0 Å². The fraction of sp³-hybridized carbons (Fsp3) is 0.308. The monoisotopic (exact) mass is 219 g/mol. The highest BCUT2D eigenvalue weighted by atomic mass is 16.5. The van der Waals surface area contributed by atoms with Crippen LogP contribution in [-0.4, -0.2) is 19.6 Å². The van der Waals surface area contributed by atoms with Crippen LogP contribution in [0.1, 0.15) is 18.1 Å². The number of ether oxygens (including phenoxy) is 1. The fourth-order valence-electron chi connectivity index (χ4n) is 1.35. The van der Waals surface area contributed by atoms with Crippen molar-refractivity contribution >= 4 is 12.0 Å². The Kier molecular flexibility index (Phi) is 4.58. The Morgan fingerprint density at radius 1 is 1.50 bits per heavy atom. The molecule has 0 saturated carbocycles. The zero-order valence-corrected chi connectivity index (χ0v) is 9.91. The zero-order chi connectivity index (χ0) is 12.0. The molecule has 0 saturated heterocycles. The molecule has 0 aromatic heterocycles. The second kappa shape index (κ2) is 5.95. The lowest BCUT2D eigenvalue weighted by Crippen LogP contribution is -2.19. The topological polar surface area (TPSA) is 38.3 Å². The van der Waals surface area contributed by atoms with E-state index in [4.69, 9.17) is 4.74 Å². The summed E-state index contributed by atoms with van der Waals surface area (Å²) in [6.45, 7) is 4.09. The van der Waals surface area contributed by atoms with E-state index in [-0.39, 0.29) is 5.91 Å². The average Bonchev–Trinajstić information content (AvgIpc) is 2.25. The third-order valence-electron chi connectivity index (χ3n) is 2.24. The summed E-state index contributed by atoms with van der Waals surface area (Å²) in [7, 11) is 1.65. The Hall–Kier alpha value is -1.77. The van der Waals surface area contributed by atoms with Crippen LogP contribution in [-0.2, 0) is 4.79 Å². The first-order chi connectivity index (χ1) is 7.63. The summed E-state index contributed by atoms with van der Waals surface area (Å²) in [5, 5.41) is 2.71. The van der Waals surface area contributed by atoms with E-state index in [1.165, 1.54) is 6.92 Å². The molecule has 3 heteroatoms. The number of carbonyl (C=O) groups excluding carboxylic acids is 1. The Morgan fingerprint density at radius 3 is 2.81 bits per heavy atom. The quantitative estimate of drug-likeness (QED) is 0.842. The number of nitrogens with one attached hydrogen (secondary N) is 1. The molecule has 0 atom stereocenters. The fourth-order valence-corrected chi connectivity index (χ4v) is 1.35. The smallest absolute Gasteiger partial charge is 0.217 e. The van der Waals surface area contributed by atoms with Crippen molar-refractivity contribution in [1.29, 1.82) is 0 Å². The van der Waals surface area contributed by atoms with E-state index in [2.05, 4.69) is 5.32 Å². The lowest BCUT2D eigenvalue weighted by atomic mass is 10.1. The number of rotatable bonds is 4. The van der Waals surface area contributed by atoms with Gasteiger partial charge in [0.15, 0.2) is 0 Å². The first-order valence-corrected chi connectivity index (χ1v) is 5.19. The maximum absolute atomic E-state index is 10.6. The third kappa shape index (κ3) is 3.77. The van der Waals surface area contributed by atoms with Crippen LogP contribution in [0, 0.1) is 6.92 Å². The van der Waals surface area contributed by atoms with E-state index in [1.807, 2.05) is 37.3 Å². The maximum atomic E-state index is 10.6. The normalized spacial score (nSPS) is 10.4. The van der Waals surface area contributed by atoms with Gasteiger partial charge in [0.05, 0.1) is 7.11 Å². The highest BCUT2D eigenvalue weighted by molar-refractivity contribution is 5.73. The number of carbonyl (C=O) groups is 1. The molecule has 0 aliphatic carbocycles. The van der Waals surface area contributed by atoms with Crippen molar-refractivity contribution in [3.05, 3.63) is 35.4 Å². The minimum atomic E-state index is -0.0175. The van der Waals surface area contributed by atoms with E-state index in [0.717, 1.165) is 16.9 Å². The average molecular weight is 219 g/mol. The first-order valence-electron chi connectivity index (χ1n) is 5.19. The lowest BCUT2D eigenvalue weighted by Gasteiger charge is -2.04. The van der Waals surface area contributed by atoms with E-state index in [0.29, 0.717) is 6.54 Å². The number of amides is 1. The van der Waals surface area contributed by atoms with Crippen molar-refractivity contribution in [2.75, 3.05) is 13.7 Å². The van der Waals surface area contributed by atoms with Gasteiger partial charge in [0, 0.05) is 13.5 Å². The van der Waals surface area contributed by atoms with Crippen LogP contribution in [0.25, 0.3) is 6.08 Å². The minimum absolute atomic E-state index is 0.0175. The number of hydrogen-bond acceptors (Lipinski definition) is 2. The summed E-state index contributed by atoms with van der Waals surface area (Å²) in [5.74, 6) is 0.840. The highest BCUT2D eigenvalue weighted by Crippen LogP contribution is 2.17. The molecule has 1 rings (SSSR count). The SMILES string of the molecule is COc1ccc(C=CCNC(C)=O)c(C)c1. The molecule has 86 valence electrons. The minimum Gasteiger partial charge on any atom is -0.497 e. The maximum Gasteiger partial charge on any atom is 0.217 e. The predicted octanol–water partition coefficient (Wildman–Crippen LogP) is 2.15. The van der Waals surface area contributed by atoms with Gasteiger partial charge in [-0.25, -0.2) is 0 Å². The second-order valence-electron chi connectivity index (χ2n) is 3.56. The van der Waals surface area contributed by atoms with Gasteiger partial charge in [-0.3, -0.25) is 4.79 Å². The van der Waals surface area contributed by atoms with Gasteiger partial charge in [-0.1, -0.05) is 18.2 Å². The van der Waals surface area contributed by atoms with Crippen molar-refractivity contribution in [3.63, 3.8) is 0 Å². The Labute approximate surface area is 96.1 Å². The summed E-state index contributed by atoms with van der Waals surface area (Å²) in [6.07, 6.45) is 3.92. The highest BCUT2D eigenvalue weighted by Gasteiger charge is 1.96. The van der Waals surface area contributed by atoms with Crippen LogP contribution in [0.3, 0.4) is 0 Å². The number of aryl methyl sites for hydroxylation is 1. The molecule has 0 heterocycles. The van der Waals surface area contributed by atoms with E-state index in [1.54, 1.807) is 7.11 Å². The molecule has 3 nitrogen and oxygen atoms in total. The molecule has 0 aliphatic rings. The first kappa shape index (κ1) is 12.3. The van der Waals surface area contributed by atoms with Gasteiger partial charge >= 0.3 is 0 Å². The number of hydrogen-bond donors (Lipinski definition) is 1. The number of methoxy groups -OCH3 is 1. The Morgan fingerprint density at radius 2 is 2.25 bits per heavy atom. The van der Waals surface area contributed by atoms with Crippen LogP contribution in [0.5, 0.6) is 5.75 Å². The van der Waals surface area contributed by atoms with Gasteiger partial charge in [-0.15, -0.1) is 0 Å². The molecule has 0 bridgehead atoms. The standard InChI is InChI=1S/C13H17NO2/c1-10-9-13(16-3)7-6-12(10)5-4-8-14-11(2)15/h4-7,9H,8H2,1-3H3,(H,14,15). The molecule has 0 spiro atoms. The largest absolute Gasteiger partial charge is 0.497 e. The Bertz CT molecular complexity index is 397. The van der Waals surface area contributed by atoms with Crippen molar-refractivity contribution in [3.8, 4) is 5.75 Å². The van der Waals surface area contributed by atoms with Gasteiger partial charge < -0.3 is 10.1 Å². The molecule has 16 heavy (non-hydrogen) atoms. The summed E-state index contributed by atoms with van der Waals surface area (Å²) < 4.78 is 5.13. The molecule has 0 radical (unpaired) electrons. The molecule has 1 N–H and O–H groups in total. The molecule has 1 amide bonds. The Balaban J connectivity index is 2.63. The van der Waals surface area contributed by atoms with Crippen molar-refractivity contribution in [2.24, 2.45) is 0 Å². The predicted molar refractivity (Wildman–Crippen MR) is 65.4 cm³/mol. The van der Waals surface area contributed by atoms with Gasteiger partial charge in [0.25, 0.3) is 0 Å². The third-order valence-corrected chi connectivity index (χ3v) is 2.24. The van der Waals surface area contributed by atoms with Gasteiger partial charge in [0.2, 0.25) is 5.91 Å². The number of benzene rings is 1. The van der Waals surface area contributed by atoms with E-state index in [9.17, 15) is 4.79 Å². The zero-order valence-electron chi connectivity index (χ0n) is 9.91. The molecule has 0 unspecified atom stereocenters. The van der Waals surface area contributed by atoms with Crippen LogP contribution >= 0.6 is 0 Å². The van der Waals surface area contributed by atoms with Gasteiger partial charge in [-0.05, 0) is 30.2 Å². The molecule has 1 aromatic carbocycles. The summed E-state index contributed by atoms with van der Waals surface area (Å²) in [4.78, 5) is 10.6. The van der Waals surface area contributed by atoms with E-state index < -0.39 is 0 Å². The summed E-state index contributed by atoms with van der Waals surface area (Å²) in [6, 6.07) is 5.90. The lowest BCUT2D eigenvalue weighted by molar-refractivity contribution is -0.118. The summed E-state index contributed by atoms with van der Waals surface area (Å²) >= 11 is 0. The van der Waals surface area contributed by atoms with Crippen molar-refractivity contribution in [2.45, 2.75) is 13.8 Å². The van der Waals surface area contributed by atoms with E-state index >= 15 is 0 Å². The molecular weight excluding hydrogens is 202 g/mol. The molecular formula is C13H17NO2.